The molecule has 1 aliphatic rings. The molecule has 3 rings (SSSR count). The lowest BCUT2D eigenvalue weighted by Gasteiger charge is -2.14. The van der Waals surface area contributed by atoms with Gasteiger partial charge in [0.05, 0.1) is 22.5 Å². The van der Waals surface area contributed by atoms with Gasteiger partial charge in [-0.3, -0.25) is 15.1 Å². The van der Waals surface area contributed by atoms with E-state index in [9.17, 15) is 9.18 Å². The number of pyridine rings is 1. The van der Waals surface area contributed by atoms with Gasteiger partial charge in [0, 0.05) is 5.39 Å². The molecule has 0 aliphatic carbocycles. The molecule has 0 unspecified atom stereocenters. The van der Waals surface area contributed by atoms with Crippen molar-refractivity contribution >= 4 is 29.1 Å². The van der Waals surface area contributed by atoms with Gasteiger partial charge in [0.15, 0.2) is 5.71 Å². The van der Waals surface area contributed by atoms with Gasteiger partial charge >= 0.3 is 0 Å². The van der Waals surface area contributed by atoms with Gasteiger partial charge in [-0.1, -0.05) is 6.07 Å². The molecule has 0 bridgehead atoms. The monoisotopic (exact) mass is 306 g/mol. The number of hydrogen-bond acceptors (Lipinski definition) is 3. The van der Waals surface area contributed by atoms with E-state index in [1.807, 2.05) is 0 Å². The summed E-state index contributed by atoms with van der Waals surface area (Å²) in [7, 11) is 0. The number of likely N-dealkylation sites (tertiary alicyclic amines) is 1. The zero-order valence-corrected chi connectivity index (χ0v) is 12.4. The highest BCUT2D eigenvalue weighted by Gasteiger charge is 2.22. The maximum absolute atomic E-state index is 13.4. The molecule has 1 aromatic heterocycles. The lowest BCUT2D eigenvalue weighted by Crippen LogP contribution is -2.47. The first-order valence-corrected chi connectivity index (χ1v) is 7.39. The van der Waals surface area contributed by atoms with E-state index >= 15 is 0 Å². The molecular formula is C15H17FN3OS+. The molecule has 6 heteroatoms. The number of rotatable bonds is 3. The summed E-state index contributed by atoms with van der Waals surface area (Å²) in [6, 6.07) is 4.15. The van der Waals surface area contributed by atoms with Gasteiger partial charge in [0.1, 0.15) is 5.82 Å². The third-order valence-corrected chi connectivity index (χ3v) is 4.21. The Labute approximate surface area is 126 Å². The Hall–Kier alpha value is -1.66. The first-order valence-electron chi connectivity index (χ1n) is 6.95. The van der Waals surface area contributed by atoms with Crippen molar-refractivity contribution in [3.8, 4) is 0 Å². The molecule has 1 aliphatic heterocycles. The number of nitrogens with one attached hydrogen (secondary N) is 1. The second-order valence-electron chi connectivity index (χ2n) is 5.38. The van der Waals surface area contributed by atoms with E-state index in [4.69, 9.17) is 5.41 Å². The fourth-order valence-electron chi connectivity index (χ4n) is 2.87. The summed E-state index contributed by atoms with van der Waals surface area (Å²) >= 11 is 4.34. The average molecular weight is 306 g/mol. The minimum atomic E-state index is -0.441. The number of nitrogens with two attached hydrogens (primary N) is 1. The number of thiol groups is 1. The number of H-pyrrole nitrogens is 1. The van der Waals surface area contributed by atoms with E-state index in [0.717, 1.165) is 13.1 Å². The zero-order chi connectivity index (χ0) is 15.0. The molecule has 2 heterocycles. The van der Waals surface area contributed by atoms with Crippen molar-refractivity contribution in [2.75, 3.05) is 19.6 Å². The number of halogens is 1. The summed E-state index contributed by atoms with van der Waals surface area (Å²) in [5.41, 5.74) is 0.988. The van der Waals surface area contributed by atoms with E-state index < -0.39 is 5.82 Å². The first-order chi connectivity index (χ1) is 10.1. The Kier molecular flexibility index (Phi) is 3.82. The smallest absolute Gasteiger partial charge is 0.256 e. The van der Waals surface area contributed by atoms with Gasteiger partial charge in [-0.15, -0.1) is 12.6 Å². The number of aromatic nitrogens is 1. The Morgan fingerprint density at radius 3 is 2.76 bits per heavy atom. The number of hydrogen-bond donors (Lipinski definition) is 3. The van der Waals surface area contributed by atoms with Crippen molar-refractivity contribution in [1.29, 1.82) is 0 Å². The molecule has 0 radical (unpaired) electrons. The van der Waals surface area contributed by atoms with Crippen LogP contribution in [0, 0.1) is 5.82 Å². The Balaban J connectivity index is 2.08. The van der Waals surface area contributed by atoms with Gasteiger partial charge in [0.2, 0.25) is 0 Å². The highest BCUT2D eigenvalue weighted by Crippen LogP contribution is 2.22. The molecular weight excluding hydrogens is 289 g/mol. The van der Waals surface area contributed by atoms with E-state index in [-0.39, 0.29) is 5.56 Å². The van der Waals surface area contributed by atoms with Crippen molar-refractivity contribution < 1.29 is 9.80 Å². The van der Waals surface area contributed by atoms with Crippen LogP contribution >= 0.6 is 12.6 Å². The second-order valence-corrected chi connectivity index (χ2v) is 5.82. The van der Waals surface area contributed by atoms with Crippen LogP contribution < -0.4 is 11.0 Å². The van der Waals surface area contributed by atoms with Crippen molar-refractivity contribution in [3.05, 3.63) is 39.9 Å². The third-order valence-electron chi connectivity index (χ3n) is 3.88. The Morgan fingerprint density at radius 1 is 1.33 bits per heavy atom. The maximum Gasteiger partial charge on any atom is 0.256 e. The molecule has 0 spiro atoms. The van der Waals surface area contributed by atoms with Crippen LogP contribution in [0.25, 0.3) is 10.8 Å². The minimum Gasteiger partial charge on any atom is -0.316 e. The molecule has 1 saturated heterocycles. The molecule has 2 aromatic rings. The van der Waals surface area contributed by atoms with Crippen molar-refractivity contribution in [2.45, 2.75) is 17.9 Å². The molecule has 0 saturated carbocycles. The van der Waals surface area contributed by atoms with Crippen LogP contribution in [0.15, 0.2) is 28.0 Å². The molecule has 4 nitrogen and oxygen atoms in total. The van der Waals surface area contributed by atoms with Gasteiger partial charge in [-0.25, -0.2) is 4.39 Å². The number of benzene rings is 1. The molecule has 21 heavy (non-hydrogen) atoms. The van der Waals surface area contributed by atoms with Crippen molar-refractivity contribution in [1.82, 2.24) is 9.88 Å². The fraction of sp³-hybridized carbons (Fsp3) is 0.333. The van der Waals surface area contributed by atoms with Crippen LogP contribution in [0.3, 0.4) is 0 Å². The van der Waals surface area contributed by atoms with Crippen LogP contribution in [0.2, 0.25) is 0 Å². The zero-order valence-electron chi connectivity index (χ0n) is 11.5. The van der Waals surface area contributed by atoms with Gasteiger partial charge in [-0.05, 0) is 38.1 Å². The van der Waals surface area contributed by atoms with Crippen LogP contribution in [-0.4, -0.2) is 35.2 Å². The van der Waals surface area contributed by atoms with Gasteiger partial charge < -0.3 is 4.98 Å². The summed E-state index contributed by atoms with van der Waals surface area (Å²) < 4.78 is 13.4. The van der Waals surface area contributed by atoms with E-state index in [1.54, 1.807) is 6.07 Å². The topological polar surface area (TPSA) is 61.7 Å². The molecule has 110 valence electrons. The van der Waals surface area contributed by atoms with Crippen molar-refractivity contribution in [3.63, 3.8) is 0 Å². The SMILES string of the molecule is [NH2+]=C(CN1CCCC1)c1c(S)[nH]c(=O)c2cc(F)ccc12. The highest BCUT2D eigenvalue weighted by atomic mass is 32.1. The number of fused-ring (bicyclic) bond motifs is 1. The standard InChI is InChI=1S/C15H16FN3OS/c16-9-3-4-10-11(7-9)14(20)18-15(21)13(10)12(17)8-19-5-1-2-6-19/h3-4,7,17H,1-2,5-6,8H2,(H2,18,20,21)/p+1. The molecule has 0 atom stereocenters. The van der Waals surface area contributed by atoms with Crippen molar-refractivity contribution in [2.24, 2.45) is 0 Å². The quantitative estimate of drug-likeness (QED) is 0.574. The number of aromatic amines is 1. The third kappa shape index (κ3) is 2.73. The summed E-state index contributed by atoms with van der Waals surface area (Å²) in [6.45, 7) is 2.68. The van der Waals surface area contributed by atoms with Crippen LogP contribution in [-0.2, 0) is 0 Å². The Bertz CT molecular complexity index is 765. The predicted octanol–water partition coefficient (Wildman–Crippen LogP) is 0.600. The summed E-state index contributed by atoms with van der Waals surface area (Å²) in [5.74, 6) is -0.441. The minimum absolute atomic E-state index is 0.298. The van der Waals surface area contributed by atoms with E-state index in [2.05, 4.69) is 22.5 Å². The van der Waals surface area contributed by atoms with E-state index in [1.165, 1.54) is 25.0 Å². The van der Waals surface area contributed by atoms with Gasteiger partial charge in [-0.2, -0.15) is 0 Å². The average Bonchev–Trinajstić information content (AvgIpc) is 2.92. The lowest BCUT2D eigenvalue weighted by atomic mass is 10.0. The predicted molar refractivity (Wildman–Crippen MR) is 83.5 cm³/mol. The van der Waals surface area contributed by atoms with Gasteiger partial charge in [0.25, 0.3) is 5.56 Å². The molecule has 1 aromatic carbocycles. The largest absolute Gasteiger partial charge is 0.316 e. The Morgan fingerprint density at radius 2 is 2.05 bits per heavy atom. The second kappa shape index (κ2) is 5.61. The maximum atomic E-state index is 13.4. The first kappa shape index (κ1) is 14.3. The number of nitrogens with zero attached hydrogens (tertiary/aromatic N) is 1. The summed E-state index contributed by atoms with van der Waals surface area (Å²) in [6.07, 6.45) is 2.36. The normalized spacial score (nSPS) is 15.7. The highest BCUT2D eigenvalue weighted by molar-refractivity contribution is 7.80. The van der Waals surface area contributed by atoms with Crippen LogP contribution in [0.4, 0.5) is 4.39 Å². The van der Waals surface area contributed by atoms with E-state index in [0.29, 0.717) is 33.6 Å². The fourth-order valence-corrected chi connectivity index (χ4v) is 3.24. The summed E-state index contributed by atoms with van der Waals surface area (Å²) in [5, 5.41) is 7.61. The van der Waals surface area contributed by atoms with Crippen LogP contribution in [0.1, 0.15) is 18.4 Å². The molecule has 1 fully saturated rings. The lowest BCUT2D eigenvalue weighted by molar-refractivity contribution is -0.116. The molecule has 3 N–H and O–H groups in total. The van der Waals surface area contributed by atoms with Crippen LogP contribution in [0.5, 0.6) is 0 Å². The molecule has 0 amide bonds. The summed E-state index contributed by atoms with van der Waals surface area (Å²) in [4.78, 5) is 16.8.